The van der Waals surface area contributed by atoms with E-state index < -0.39 is 0 Å². The van der Waals surface area contributed by atoms with Crippen LogP contribution in [-0.2, 0) is 11.3 Å². The Morgan fingerprint density at radius 2 is 2.47 bits per heavy atom. The van der Waals surface area contributed by atoms with E-state index in [1.807, 2.05) is 6.92 Å². The van der Waals surface area contributed by atoms with Crippen LogP contribution in [0.3, 0.4) is 0 Å². The third-order valence-corrected chi connectivity index (χ3v) is 3.78. The SMILES string of the molecule is Cc1csc(CN2CCC(=O)CC2C)n1. The number of nitrogens with zero attached hydrogens (tertiary/aromatic N) is 2. The molecule has 0 saturated carbocycles. The maximum absolute atomic E-state index is 11.2. The monoisotopic (exact) mass is 224 g/mol. The van der Waals surface area contributed by atoms with Crippen molar-refractivity contribution in [3.8, 4) is 0 Å². The van der Waals surface area contributed by atoms with Crippen molar-refractivity contribution in [3.63, 3.8) is 0 Å². The summed E-state index contributed by atoms with van der Waals surface area (Å²) in [5, 5.41) is 3.24. The molecule has 0 aliphatic carbocycles. The first-order chi connectivity index (χ1) is 7.15. The standard InChI is InChI=1S/C11H16N2OS/c1-8-7-15-11(12-8)6-13-4-3-10(14)5-9(13)2/h7,9H,3-6H2,1-2H3. The zero-order valence-electron chi connectivity index (χ0n) is 9.19. The number of thiazole rings is 1. The Morgan fingerprint density at radius 1 is 1.67 bits per heavy atom. The fraction of sp³-hybridized carbons (Fsp3) is 0.636. The van der Waals surface area contributed by atoms with Crippen LogP contribution >= 0.6 is 11.3 Å². The van der Waals surface area contributed by atoms with Gasteiger partial charge in [0.05, 0.1) is 6.54 Å². The largest absolute Gasteiger partial charge is 0.300 e. The lowest BCUT2D eigenvalue weighted by Crippen LogP contribution is -2.40. The molecule has 1 unspecified atom stereocenters. The molecule has 0 aromatic carbocycles. The number of aromatic nitrogens is 1. The normalized spacial score (nSPS) is 23.3. The minimum atomic E-state index is 0.371. The van der Waals surface area contributed by atoms with Crippen LogP contribution in [0.4, 0.5) is 0 Å². The molecule has 2 heterocycles. The molecule has 15 heavy (non-hydrogen) atoms. The lowest BCUT2D eigenvalue weighted by molar-refractivity contribution is -0.123. The molecule has 4 heteroatoms. The average Bonchev–Trinajstić information content (AvgIpc) is 2.56. The van der Waals surface area contributed by atoms with Crippen molar-refractivity contribution in [2.75, 3.05) is 6.54 Å². The summed E-state index contributed by atoms with van der Waals surface area (Å²) in [4.78, 5) is 18.0. The lowest BCUT2D eigenvalue weighted by atomic mass is 10.0. The number of hydrogen-bond donors (Lipinski definition) is 0. The molecule has 0 bridgehead atoms. The Balaban J connectivity index is 1.97. The first-order valence-corrected chi connectivity index (χ1v) is 6.20. The number of aryl methyl sites for hydroxylation is 1. The Morgan fingerprint density at radius 3 is 3.07 bits per heavy atom. The van der Waals surface area contributed by atoms with E-state index in [9.17, 15) is 4.79 Å². The molecular formula is C11H16N2OS. The second-order valence-corrected chi connectivity index (χ2v) is 5.14. The third-order valence-electron chi connectivity index (χ3n) is 2.83. The van der Waals surface area contributed by atoms with E-state index >= 15 is 0 Å². The molecule has 3 nitrogen and oxygen atoms in total. The smallest absolute Gasteiger partial charge is 0.135 e. The Kier molecular flexibility index (Phi) is 3.17. The van der Waals surface area contributed by atoms with E-state index in [0.29, 0.717) is 24.7 Å². The highest BCUT2D eigenvalue weighted by molar-refractivity contribution is 7.09. The van der Waals surface area contributed by atoms with Crippen molar-refractivity contribution in [3.05, 3.63) is 16.1 Å². The second-order valence-electron chi connectivity index (χ2n) is 4.19. The summed E-state index contributed by atoms with van der Waals surface area (Å²) in [6.45, 7) is 5.92. The molecule has 0 amide bonds. The second kappa shape index (κ2) is 4.41. The molecular weight excluding hydrogens is 208 g/mol. The van der Waals surface area contributed by atoms with E-state index in [2.05, 4.69) is 22.2 Å². The van der Waals surface area contributed by atoms with Gasteiger partial charge in [-0.3, -0.25) is 9.69 Å². The van der Waals surface area contributed by atoms with Gasteiger partial charge in [-0.05, 0) is 13.8 Å². The Labute approximate surface area is 94.1 Å². The molecule has 0 N–H and O–H groups in total. The number of carbonyl (C=O) groups is 1. The molecule has 0 radical (unpaired) electrons. The quantitative estimate of drug-likeness (QED) is 0.770. The summed E-state index contributed by atoms with van der Waals surface area (Å²) in [5.74, 6) is 0.397. The molecule has 82 valence electrons. The fourth-order valence-electron chi connectivity index (χ4n) is 1.93. The summed E-state index contributed by atoms with van der Waals surface area (Å²) in [6.07, 6.45) is 1.40. The first kappa shape index (κ1) is 10.8. The van der Waals surface area contributed by atoms with Gasteiger partial charge in [-0.25, -0.2) is 4.98 Å². The van der Waals surface area contributed by atoms with Crippen LogP contribution in [0.25, 0.3) is 0 Å². The van der Waals surface area contributed by atoms with Crippen LogP contribution < -0.4 is 0 Å². The zero-order valence-corrected chi connectivity index (χ0v) is 10.0. The number of rotatable bonds is 2. The number of carbonyl (C=O) groups excluding carboxylic acids is 1. The molecule has 1 aliphatic heterocycles. The van der Waals surface area contributed by atoms with Gasteiger partial charge in [0.1, 0.15) is 10.8 Å². The number of Topliss-reactive ketones (excluding diaryl/α,β-unsaturated/α-hetero) is 1. The Hall–Kier alpha value is -0.740. The number of piperidine rings is 1. The van der Waals surface area contributed by atoms with Crippen molar-refractivity contribution < 1.29 is 4.79 Å². The highest BCUT2D eigenvalue weighted by atomic mass is 32.1. The van der Waals surface area contributed by atoms with Gasteiger partial charge >= 0.3 is 0 Å². The minimum Gasteiger partial charge on any atom is -0.300 e. The molecule has 1 saturated heterocycles. The van der Waals surface area contributed by atoms with Crippen LogP contribution in [0.2, 0.25) is 0 Å². The number of hydrogen-bond acceptors (Lipinski definition) is 4. The highest BCUT2D eigenvalue weighted by Gasteiger charge is 2.23. The van der Waals surface area contributed by atoms with Gasteiger partial charge in [-0.1, -0.05) is 0 Å². The van der Waals surface area contributed by atoms with Gasteiger partial charge < -0.3 is 0 Å². The molecule has 1 aromatic heterocycles. The summed E-state index contributed by atoms with van der Waals surface area (Å²) in [5.41, 5.74) is 1.09. The molecule has 1 fully saturated rings. The summed E-state index contributed by atoms with van der Waals surface area (Å²) < 4.78 is 0. The Bertz CT molecular complexity index is 361. The van der Waals surface area contributed by atoms with Crippen LogP contribution in [-0.4, -0.2) is 28.3 Å². The van der Waals surface area contributed by atoms with Crippen LogP contribution in [0.5, 0.6) is 0 Å². The van der Waals surface area contributed by atoms with Gasteiger partial charge in [-0.2, -0.15) is 0 Å². The van der Waals surface area contributed by atoms with Gasteiger partial charge in [0, 0.05) is 36.5 Å². The van der Waals surface area contributed by atoms with Crippen molar-refractivity contribution in [2.24, 2.45) is 0 Å². The fourth-order valence-corrected chi connectivity index (χ4v) is 2.73. The predicted molar refractivity (Wildman–Crippen MR) is 61.0 cm³/mol. The summed E-state index contributed by atoms with van der Waals surface area (Å²) in [7, 11) is 0. The van der Waals surface area contributed by atoms with E-state index in [4.69, 9.17) is 0 Å². The van der Waals surface area contributed by atoms with Gasteiger partial charge in [0.15, 0.2) is 0 Å². The van der Waals surface area contributed by atoms with Crippen LogP contribution in [0.15, 0.2) is 5.38 Å². The zero-order chi connectivity index (χ0) is 10.8. The average molecular weight is 224 g/mol. The number of likely N-dealkylation sites (tertiary alicyclic amines) is 1. The topological polar surface area (TPSA) is 33.2 Å². The maximum atomic E-state index is 11.2. The summed E-state index contributed by atoms with van der Waals surface area (Å²) >= 11 is 1.71. The number of ketones is 1. The highest BCUT2D eigenvalue weighted by Crippen LogP contribution is 2.18. The van der Waals surface area contributed by atoms with Crippen molar-refractivity contribution in [1.29, 1.82) is 0 Å². The summed E-state index contributed by atoms with van der Waals surface area (Å²) in [6, 6.07) is 0.371. The minimum absolute atomic E-state index is 0.371. The molecule has 1 atom stereocenters. The van der Waals surface area contributed by atoms with E-state index in [0.717, 1.165) is 23.8 Å². The van der Waals surface area contributed by atoms with Gasteiger partial charge in [-0.15, -0.1) is 11.3 Å². The van der Waals surface area contributed by atoms with Gasteiger partial charge in [0.2, 0.25) is 0 Å². The predicted octanol–water partition coefficient (Wildman–Crippen LogP) is 2.00. The van der Waals surface area contributed by atoms with Crippen LogP contribution in [0.1, 0.15) is 30.5 Å². The van der Waals surface area contributed by atoms with Crippen molar-refractivity contribution >= 4 is 17.1 Å². The van der Waals surface area contributed by atoms with Crippen molar-refractivity contribution in [2.45, 2.75) is 39.3 Å². The van der Waals surface area contributed by atoms with Crippen molar-refractivity contribution in [1.82, 2.24) is 9.88 Å². The van der Waals surface area contributed by atoms with Crippen LogP contribution in [0, 0.1) is 6.92 Å². The third kappa shape index (κ3) is 2.63. The molecule has 1 aliphatic rings. The lowest BCUT2D eigenvalue weighted by Gasteiger charge is -2.31. The van der Waals surface area contributed by atoms with Gasteiger partial charge in [0.25, 0.3) is 0 Å². The maximum Gasteiger partial charge on any atom is 0.135 e. The van der Waals surface area contributed by atoms with E-state index in [1.54, 1.807) is 11.3 Å². The first-order valence-electron chi connectivity index (χ1n) is 5.32. The van der Waals surface area contributed by atoms with E-state index in [1.165, 1.54) is 0 Å². The van der Waals surface area contributed by atoms with E-state index in [-0.39, 0.29) is 0 Å². The molecule has 2 rings (SSSR count). The molecule has 0 spiro atoms. The molecule has 1 aromatic rings.